The molecule has 136 valence electrons. The van der Waals surface area contributed by atoms with E-state index in [4.69, 9.17) is 21.4 Å². The third kappa shape index (κ3) is 4.14. The van der Waals surface area contributed by atoms with Crippen LogP contribution in [-0.2, 0) is 17.8 Å². The van der Waals surface area contributed by atoms with Crippen LogP contribution in [0.1, 0.15) is 22.4 Å². The highest BCUT2D eigenvalue weighted by Gasteiger charge is 2.15. The number of carbonyl (C=O) groups is 1. The summed E-state index contributed by atoms with van der Waals surface area (Å²) in [5.74, 6) is -3.22. The lowest BCUT2D eigenvalue weighted by atomic mass is 10.1. The molecule has 0 aliphatic rings. The Hall–Kier alpha value is -2.18. The maximum atomic E-state index is 14.2. The predicted molar refractivity (Wildman–Crippen MR) is 98.2 cm³/mol. The van der Waals surface area contributed by atoms with Crippen molar-refractivity contribution in [1.82, 2.24) is 0 Å². The topological polar surface area (TPSA) is 46.5 Å². The first kappa shape index (κ1) is 18.6. The highest BCUT2D eigenvalue weighted by molar-refractivity contribution is 7.19. The van der Waals surface area contributed by atoms with Gasteiger partial charge in [0.05, 0.1) is 0 Å². The van der Waals surface area contributed by atoms with Crippen LogP contribution in [0.2, 0.25) is 5.02 Å². The largest absolute Gasteiger partial charge is 0.483 e. The number of carboxylic acid groups (broad SMARTS) is 1. The fraction of sp³-hybridized carbons (Fsp3) is 0.211. The van der Waals surface area contributed by atoms with Crippen LogP contribution in [-0.4, -0.2) is 11.1 Å². The molecule has 26 heavy (non-hydrogen) atoms. The van der Waals surface area contributed by atoms with E-state index in [0.29, 0.717) is 5.02 Å². The number of benzene rings is 2. The molecule has 0 aliphatic carbocycles. The summed E-state index contributed by atoms with van der Waals surface area (Å²) in [6, 6.07) is 7.74. The minimum atomic E-state index is -1.03. The highest BCUT2D eigenvalue weighted by Crippen LogP contribution is 2.32. The first-order valence-electron chi connectivity index (χ1n) is 7.84. The molecular weight excluding hydrogens is 382 g/mol. The van der Waals surface area contributed by atoms with Crippen LogP contribution in [0.15, 0.2) is 30.3 Å². The van der Waals surface area contributed by atoms with Crippen molar-refractivity contribution >= 4 is 39.0 Å². The second-order valence-electron chi connectivity index (χ2n) is 5.90. The van der Waals surface area contributed by atoms with Gasteiger partial charge in [-0.3, -0.25) is 4.79 Å². The predicted octanol–water partition coefficient (Wildman–Crippen LogP) is 5.74. The second-order valence-corrected chi connectivity index (χ2v) is 7.63. The average molecular weight is 397 g/mol. The number of aryl methyl sites for hydroxylation is 2. The molecule has 1 aromatic heterocycles. The minimum absolute atomic E-state index is 0.0322. The Morgan fingerprint density at radius 2 is 1.88 bits per heavy atom. The van der Waals surface area contributed by atoms with Crippen LogP contribution in [0.5, 0.6) is 5.75 Å². The van der Waals surface area contributed by atoms with Gasteiger partial charge in [-0.25, -0.2) is 8.78 Å². The number of thiophene rings is 1. The van der Waals surface area contributed by atoms with E-state index in [1.54, 1.807) is 17.4 Å². The molecule has 3 nitrogen and oxygen atoms in total. The van der Waals surface area contributed by atoms with Gasteiger partial charge in [0.15, 0.2) is 17.4 Å². The van der Waals surface area contributed by atoms with Crippen LogP contribution in [0.3, 0.4) is 0 Å². The first-order chi connectivity index (χ1) is 12.3. The van der Waals surface area contributed by atoms with E-state index in [9.17, 15) is 13.6 Å². The molecule has 3 aromatic rings. The Morgan fingerprint density at radius 3 is 2.54 bits per heavy atom. The number of hydrogen-bond acceptors (Lipinski definition) is 3. The van der Waals surface area contributed by atoms with E-state index in [0.717, 1.165) is 32.7 Å². The lowest BCUT2D eigenvalue weighted by Crippen LogP contribution is -2.03. The number of ether oxygens (including phenoxy) is 1. The number of fused-ring (bicyclic) bond motifs is 1. The first-order valence-corrected chi connectivity index (χ1v) is 9.04. The molecule has 3 rings (SSSR count). The molecular formula is C19H15ClF2O3S. The third-order valence-electron chi connectivity index (χ3n) is 3.87. The van der Waals surface area contributed by atoms with Crippen molar-refractivity contribution in [1.29, 1.82) is 0 Å². The molecule has 0 spiro atoms. The van der Waals surface area contributed by atoms with Gasteiger partial charge in [-0.1, -0.05) is 11.6 Å². The van der Waals surface area contributed by atoms with Crippen LogP contribution in [0.4, 0.5) is 8.78 Å². The monoisotopic (exact) mass is 396 g/mol. The zero-order valence-corrected chi connectivity index (χ0v) is 15.4. The van der Waals surface area contributed by atoms with E-state index in [1.807, 2.05) is 19.1 Å². The van der Waals surface area contributed by atoms with E-state index in [2.05, 4.69) is 0 Å². The van der Waals surface area contributed by atoms with Crippen molar-refractivity contribution in [3.05, 3.63) is 63.0 Å². The van der Waals surface area contributed by atoms with Gasteiger partial charge in [-0.05, 0) is 60.2 Å². The molecule has 0 aliphatic heterocycles. The Labute approximate surface area is 157 Å². The van der Waals surface area contributed by atoms with Crippen molar-refractivity contribution in [2.75, 3.05) is 0 Å². The quantitative estimate of drug-likeness (QED) is 0.578. The molecule has 0 amide bonds. The highest BCUT2D eigenvalue weighted by atomic mass is 35.5. The van der Waals surface area contributed by atoms with Crippen molar-refractivity contribution in [2.45, 2.75) is 26.4 Å². The Balaban J connectivity index is 1.83. The lowest BCUT2D eigenvalue weighted by molar-refractivity contribution is -0.136. The summed E-state index contributed by atoms with van der Waals surface area (Å²) in [5, 5.41) is 10.1. The second kappa shape index (κ2) is 7.60. The maximum absolute atomic E-state index is 14.2. The van der Waals surface area contributed by atoms with Crippen molar-refractivity contribution in [2.24, 2.45) is 0 Å². The normalized spacial score (nSPS) is 11.1. The fourth-order valence-corrected chi connectivity index (χ4v) is 4.03. The van der Waals surface area contributed by atoms with Gasteiger partial charge >= 0.3 is 5.97 Å². The van der Waals surface area contributed by atoms with E-state index >= 15 is 0 Å². The molecule has 0 saturated carbocycles. The van der Waals surface area contributed by atoms with E-state index in [-0.39, 0.29) is 25.0 Å². The Kier molecular flexibility index (Phi) is 5.44. The molecule has 0 fully saturated rings. The molecule has 1 heterocycles. The van der Waals surface area contributed by atoms with Crippen molar-refractivity contribution in [3.63, 3.8) is 0 Å². The Morgan fingerprint density at radius 1 is 1.19 bits per heavy atom. The molecule has 2 aromatic carbocycles. The number of hydrogen-bond donors (Lipinski definition) is 1. The van der Waals surface area contributed by atoms with Crippen molar-refractivity contribution in [3.8, 4) is 5.75 Å². The molecule has 0 saturated heterocycles. The lowest BCUT2D eigenvalue weighted by Gasteiger charge is -2.11. The molecule has 0 radical (unpaired) electrons. The fourth-order valence-electron chi connectivity index (χ4n) is 2.72. The summed E-state index contributed by atoms with van der Waals surface area (Å²) in [6.07, 6.45) is -0.149. The summed E-state index contributed by atoms with van der Waals surface area (Å²) < 4.78 is 34.8. The minimum Gasteiger partial charge on any atom is -0.483 e. The summed E-state index contributed by atoms with van der Waals surface area (Å²) in [4.78, 5) is 11.7. The van der Waals surface area contributed by atoms with Gasteiger partial charge in [0.1, 0.15) is 6.61 Å². The number of rotatable bonds is 6. The maximum Gasteiger partial charge on any atom is 0.303 e. The van der Waals surface area contributed by atoms with Gasteiger partial charge in [-0.15, -0.1) is 11.3 Å². The van der Waals surface area contributed by atoms with Crippen LogP contribution >= 0.6 is 22.9 Å². The van der Waals surface area contributed by atoms with E-state index in [1.165, 1.54) is 0 Å². The zero-order chi connectivity index (χ0) is 18.8. The zero-order valence-electron chi connectivity index (χ0n) is 13.8. The summed E-state index contributed by atoms with van der Waals surface area (Å²) in [7, 11) is 0. The van der Waals surface area contributed by atoms with Crippen LogP contribution in [0.25, 0.3) is 10.1 Å². The van der Waals surface area contributed by atoms with E-state index < -0.39 is 23.4 Å². The average Bonchev–Trinajstić information content (AvgIpc) is 2.92. The molecule has 1 N–H and O–H groups in total. The van der Waals surface area contributed by atoms with Crippen LogP contribution < -0.4 is 4.74 Å². The SMILES string of the molecule is Cc1cc2c(COc3c(F)cc(CCC(=O)O)cc3F)cc(Cl)cc2s1. The summed E-state index contributed by atoms with van der Waals surface area (Å²) in [6.45, 7) is 1.94. The molecule has 7 heteroatoms. The van der Waals surface area contributed by atoms with Gasteiger partial charge < -0.3 is 9.84 Å². The number of aliphatic carboxylic acids is 1. The van der Waals surface area contributed by atoms with Crippen LogP contribution in [0, 0.1) is 18.6 Å². The summed E-state index contributed by atoms with van der Waals surface area (Å²) >= 11 is 7.70. The number of halogens is 3. The van der Waals surface area contributed by atoms with Crippen molar-refractivity contribution < 1.29 is 23.4 Å². The Bertz CT molecular complexity index is 961. The van der Waals surface area contributed by atoms with Gasteiger partial charge in [0.2, 0.25) is 0 Å². The molecule has 0 unspecified atom stereocenters. The van der Waals surface area contributed by atoms with Gasteiger partial charge in [-0.2, -0.15) is 0 Å². The summed E-state index contributed by atoms with van der Waals surface area (Å²) in [5.41, 5.74) is 1.01. The standard InChI is InChI=1S/C19H15ClF2O3S/c1-10-4-14-12(7-13(20)8-17(14)26-10)9-25-19-15(21)5-11(6-16(19)22)2-3-18(23)24/h4-8H,2-3,9H2,1H3,(H,23,24). The molecule has 0 bridgehead atoms. The molecule has 0 atom stereocenters. The van der Waals surface area contributed by atoms with Gasteiger partial charge in [0.25, 0.3) is 0 Å². The smallest absolute Gasteiger partial charge is 0.303 e. The number of carboxylic acids is 1. The third-order valence-corrected chi connectivity index (χ3v) is 5.08. The van der Waals surface area contributed by atoms with Gasteiger partial charge in [0, 0.05) is 21.0 Å².